The van der Waals surface area contributed by atoms with Gasteiger partial charge in [0.15, 0.2) is 0 Å². The molecular weight excluding hydrogens is 425 g/mol. The van der Waals surface area contributed by atoms with Gasteiger partial charge in [-0.15, -0.1) is 12.4 Å². The number of aromatic nitrogens is 2. The number of rotatable bonds is 6. The molecule has 2 heterocycles. The molecular formula is C26H31ClFN3O. The van der Waals surface area contributed by atoms with Crippen LogP contribution in [0, 0.1) is 5.82 Å². The number of hydrogen-bond donors (Lipinski definition) is 0. The van der Waals surface area contributed by atoms with E-state index in [9.17, 15) is 4.39 Å². The molecule has 1 aliphatic heterocycles. The van der Waals surface area contributed by atoms with Crippen LogP contribution in [0.5, 0.6) is 5.75 Å². The van der Waals surface area contributed by atoms with Gasteiger partial charge in [-0.2, -0.15) is 0 Å². The van der Waals surface area contributed by atoms with Gasteiger partial charge in [0, 0.05) is 31.0 Å². The van der Waals surface area contributed by atoms with E-state index >= 15 is 0 Å². The summed E-state index contributed by atoms with van der Waals surface area (Å²) < 4.78 is 21.3. The molecule has 0 radical (unpaired) electrons. The first-order valence-electron chi connectivity index (χ1n) is 11.4. The van der Waals surface area contributed by atoms with Gasteiger partial charge in [0.05, 0.1) is 6.33 Å². The summed E-state index contributed by atoms with van der Waals surface area (Å²) in [6.45, 7) is 3.75. The van der Waals surface area contributed by atoms with Gasteiger partial charge < -0.3 is 9.30 Å². The van der Waals surface area contributed by atoms with Gasteiger partial charge >= 0.3 is 0 Å². The Morgan fingerprint density at radius 1 is 1.00 bits per heavy atom. The number of nitrogens with zero attached hydrogens (tertiary/aromatic N) is 3. The molecule has 2 aliphatic rings. The van der Waals surface area contributed by atoms with Gasteiger partial charge in [-0.1, -0.05) is 24.6 Å². The molecule has 1 aliphatic carbocycles. The monoisotopic (exact) mass is 455 g/mol. The number of halogens is 2. The smallest absolute Gasteiger partial charge is 0.123 e. The van der Waals surface area contributed by atoms with Crippen LogP contribution < -0.4 is 4.74 Å². The Morgan fingerprint density at radius 3 is 2.69 bits per heavy atom. The normalized spacial score (nSPS) is 20.5. The van der Waals surface area contributed by atoms with Crippen LogP contribution >= 0.6 is 12.4 Å². The molecule has 4 nitrogen and oxygen atoms in total. The van der Waals surface area contributed by atoms with E-state index in [0.717, 1.165) is 37.2 Å². The summed E-state index contributed by atoms with van der Waals surface area (Å²) in [6, 6.07) is 13.1. The lowest BCUT2D eigenvalue weighted by Gasteiger charge is -2.50. The minimum absolute atomic E-state index is 0. The van der Waals surface area contributed by atoms with Crippen LogP contribution in [0.3, 0.4) is 0 Å². The van der Waals surface area contributed by atoms with E-state index in [1.54, 1.807) is 12.1 Å². The van der Waals surface area contributed by atoms with E-state index in [0.29, 0.717) is 12.1 Å². The Bertz CT molecular complexity index is 1010. The molecule has 0 N–H and O–H groups in total. The van der Waals surface area contributed by atoms with Gasteiger partial charge in [-0.05, 0) is 79.6 Å². The minimum atomic E-state index is -0.215. The van der Waals surface area contributed by atoms with Crippen molar-refractivity contribution >= 4 is 12.4 Å². The second kappa shape index (κ2) is 10.1. The number of ether oxygens (including phenoxy) is 1. The zero-order chi connectivity index (χ0) is 21.1. The van der Waals surface area contributed by atoms with Crippen LogP contribution in [0.1, 0.15) is 42.4 Å². The molecule has 0 amide bonds. The predicted molar refractivity (Wildman–Crippen MR) is 127 cm³/mol. The summed E-state index contributed by atoms with van der Waals surface area (Å²) >= 11 is 0. The third-order valence-corrected chi connectivity index (χ3v) is 7.05. The molecule has 170 valence electrons. The predicted octanol–water partition coefficient (Wildman–Crippen LogP) is 5.44. The molecule has 1 saturated heterocycles. The first-order chi connectivity index (χ1) is 15.2. The molecule has 1 atom stereocenters. The molecule has 1 fully saturated rings. The molecule has 32 heavy (non-hydrogen) atoms. The topological polar surface area (TPSA) is 30.3 Å². The maximum absolute atomic E-state index is 13.1. The fraction of sp³-hybridized carbons (Fsp3) is 0.423. The molecule has 1 spiro atoms. The van der Waals surface area contributed by atoms with Gasteiger partial charge in [0.2, 0.25) is 0 Å². The Morgan fingerprint density at radius 2 is 1.88 bits per heavy atom. The third kappa shape index (κ3) is 5.00. The van der Waals surface area contributed by atoms with E-state index in [4.69, 9.17) is 4.74 Å². The Hall–Kier alpha value is -2.37. The lowest BCUT2D eigenvalue weighted by Crippen LogP contribution is -2.55. The van der Waals surface area contributed by atoms with Crippen LogP contribution in [0.4, 0.5) is 4.39 Å². The van der Waals surface area contributed by atoms with Crippen LogP contribution in [0.2, 0.25) is 0 Å². The molecule has 2 aromatic carbocycles. The Kier molecular flexibility index (Phi) is 7.17. The Balaban J connectivity index is 0.00000245. The van der Waals surface area contributed by atoms with Crippen LogP contribution in [0.25, 0.3) is 0 Å². The van der Waals surface area contributed by atoms with Crippen LogP contribution in [-0.2, 0) is 26.0 Å². The average molecular weight is 456 g/mol. The highest BCUT2D eigenvalue weighted by molar-refractivity contribution is 5.85. The number of piperidine rings is 1. The summed E-state index contributed by atoms with van der Waals surface area (Å²) in [7, 11) is 0. The average Bonchev–Trinajstić information content (AvgIpc) is 3.32. The second-order valence-corrected chi connectivity index (χ2v) is 8.99. The van der Waals surface area contributed by atoms with Gasteiger partial charge in [0.1, 0.15) is 18.2 Å². The molecule has 6 heteroatoms. The Labute approximate surface area is 195 Å². The molecule has 0 bridgehead atoms. The van der Waals surface area contributed by atoms with Gasteiger partial charge in [-0.3, -0.25) is 4.90 Å². The fourth-order valence-electron chi connectivity index (χ4n) is 5.29. The van der Waals surface area contributed by atoms with Crippen LogP contribution in [-0.4, -0.2) is 33.1 Å². The third-order valence-electron chi connectivity index (χ3n) is 7.05. The quantitative estimate of drug-likeness (QED) is 0.496. The van der Waals surface area contributed by atoms with Crippen molar-refractivity contribution in [3.05, 3.63) is 83.7 Å². The summed E-state index contributed by atoms with van der Waals surface area (Å²) in [5.74, 6) is 0.688. The first kappa shape index (κ1) is 22.8. The summed E-state index contributed by atoms with van der Waals surface area (Å²) in [5.41, 5.74) is 4.16. The van der Waals surface area contributed by atoms with E-state index in [-0.39, 0.29) is 18.2 Å². The number of aryl methyl sites for hydroxylation is 1. The standard InChI is InChI=1S/C26H30FN3O.ClH/c27-24-6-3-21(4-7-24)19-31-25-8-5-23-18-26(11-9-22(23)17-25)10-1-2-13-30(26)16-15-29-14-12-28-20-29;/h3-8,12,14,17,20H,1-2,9-11,13,15-16,18-19H2;1H. The van der Waals surface area contributed by atoms with Gasteiger partial charge in [-0.25, -0.2) is 9.37 Å². The van der Waals surface area contributed by atoms with E-state index in [2.05, 4.69) is 38.8 Å². The number of fused-ring (bicyclic) bond motifs is 1. The SMILES string of the molecule is Cl.Fc1ccc(COc2ccc3c(c2)CCC2(CCCCN2CCn2ccnc2)C3)cc1. The van der Waals surface area contributed by atoms with Crippen molar-refractivity contribution in [2.75, 3.05) is 13.1 Å². The van der Waals surface area contributed by atoms with Crippen molar-refractivity contribution in [1.29, 1.82) is 0 Å². The van der Waals surface area contributed by atoms with Crippen molar-refractivity contribution in [1.82, 2.24) is 14.5 Å². The summed E-state index contributed by atoms with van der Waals surface area (Å²) in [4.78, 5) is 6.93. The number of imidazole rings is 1. The first-order valence-corrected chi connectivity index (χ1v) is 11.4. The van der Waals surface area contributed by atoms with Crippen molar-refractivity contribution in [3.8, 4) is 5.75 Å². The number of hydrogen-bond acceptors (Lipinski definition) is 3. The van der Waals surface area contributed by atoms with Crippen molar-refractivity contribution in [2.24, 2.45) is 0 Å². The molecule has 3 aromatic rings. The second-order valence-electron chi connectivity index (χ2n) is 8.99. The van der Waals surface area contributed by atoms with Crippen molar-refractivity contribution in [3.63, 3.8) is 0 Å². The molecule has 1 unspecified atom stereocenters. The summed E-state index contributed by atoms with van der Waals surface area (Å²) in [5, 5.41) is 0. The van der Waals surface area contributed by atoms with E-state index in [1.165, 1.54) is 55.5 Å². The summed E-state index contributed by atoms with van der Waals surface area (Å²) in [6.07, 6.45) is 13.2. The molecule has 0 saturated carbocycles. The molecule has 1 aromatic heterocycles. The highest BCUT2D eigenvalue weighted by atomic mass is 35.5. The van der Waals surface area contributed by atoms with Crippen molar-refractivity contribution in [2.45, 2.75) is 57.2 Å². The lowest BCUT2D eigenvalue weighted by molar-refractivity contribution is 0.0310. The largest absolute Gasteiger partial charge is 0.489 e. The molecule has 5 rings (SSSR count). The highest BCUT2D eigenvalue weighted by Crippen LogP contribution is 2.40. The zero-order valence-corrected chi connectivity index (χ0v) is 19.2. The van der Waals surface area contributed by atoms with Gasteiger partial charge in [0.25, 0.3) is 0 Å². The lowest BCUT2D eigenvalue weighted by atomic mass is 9.72. The number of benzene rings is 2. The maximum atomic E-state index is 13.1. The fourth-order valence-corrected chi connectivity index (χ4v) is 5.29. The maximum Gasteiger partial charge on any atom is 0.123 e. The van der Waals surface area contributed by atoms with Crippen LogP contribution in [0.15, 0.2) is 61.2 Å². The highest BCUT2D eigenvalue weighted by Gasteiger charge is 2.41. The zero-order valence-electron chi connectivity index (χ0n) is 18.4. The van der Waals surface area contributed by atoms with Crippen molar-refractivity contribution < 1.29 is 9.13 Å². The van der Waals surface area contributed by atoms with E-state index in [1.807, 2.05) is 12.5 Å². The van der Waals surface area contributed by atoms with E-state index < -0.39 is 0 Å². The minimum Gasteiger partial charge on any atom is -0.489 e. The number of likely N-dealkylation sites (tertiary alicyclic amines) is 1.